The highest BCUT2D eigenvalue weighted by molar-refractivity contribution is 5.90. The van der Waals surface area contributed by atoms with Crippen molar-refractivity contribution in [3.05, 3.63) is 138 Å². The van der Waals surface area contributed by atoms with Crippen LogP contribution in [0, 0.1) is 35.0 Å². The molecule has 4 bridgehead atoms. The second kappa shape index (κ2) is 10.6. The summed E-state index contributed by atoms with van der Waals surface area (Å²) in [7, 11) is 0. The molecule has 0 unspecified atom stereocenters. The van der Waals surface area contributed by atoms with Crippen LogP contribution in [0.3, 0.4) is 0 Å². The number of benzene rings is 5. The normalized spacial score (nSPS) is 24.3. The summed E-state index contributed by atoms with van der Waals surface area (Å²) in [5.74, 6) is 5.05. The Morgan fingerprint density at radius 3 is 1.71 bits per heavy atom. The number of nitrogens with zero attached hydrogens (tertiary/aromatic N) is 4. The lowest BCUT2D eigenvalue weighted by atomic mass is 9.43. The van der Waals surface area contributed by atoms with Crippen LogP contribution in [0.25, 0.3) is 56.4 Å². The van der Waals surface area contributed by atoms with Crippen LogP contribution in [-0.2, 0) is 5.41 Å². The molecule has 5 aromatic carbocycles. The van der Waals surface area contributed by atoms with Crippen molar-refractivity contribution in [2.45, 2.75) is 37.5 Å². The van der Waals surface area contributed by atoms with Crippen molar-refractivity contribution in [1.29, 1.82) is 5.26 Å². The highest BCUT2D eigenvalue weighted by Gasteiger charge is 2.62. The molecule has 5 aliphatic carbocycles. The third-order valence-electron chi connectivity index (χ3n) is 11.9. The van der Waals surface area contributed by atoms with Crippen LogP contribution in [-0.4, -0.2) is 15.0 Å². The molecule has 0 saturated heterocycles. The Balaban J connectivity index is 1.23. The lowest BCUT2D eigenvalue weighted by Crippen LogP contribution is -2.55. The van der Waals surface area contributed by atoms with Gasteiger partial charge in [0.15, 0.2) is 17.5 Å². The minimum Gasteiger partial charge on any atom is -0.208 e. The SMILES string of the molecule is N#Cc1cccc(-c2ccc3c(c2)-c2cccc(-c4nc(-c5ccccc5)nc(-c5ccccc5)n4)c2C32C3CC4CC(C3)CC2C4)c1. The predicted molar refractivity (Wildman–Crippen MR) is 190 cm³/mol. The van der Waals surface area contributed by atoms with Crippen LogP contribution in [0.5, 0.6) is 0 Å². The standard InChI is InChI=1S/C44H34N4/c45-26-27-9-7-14-32(20-27)33-17-18-39-38(25-33)36-15-8-16-37(40(36)44(39)34-21-28-19-29(23-34)24-35(44)22-28)43-47-41(30-10-3-1-4-11-30)46-42(48-43)31-12-5-2-6-13-31/h1-18,20,25,28-29,34-35H,19,21-24H2. The summed E-state index contributed by atoms with van der Waals surface area (Å²) < 4.78 is 0. The molecule has 0 N–H and O–H groups in total. The molecule has 5 aliphatic rings. The molecular formula is C44H34N4. The largest absolute Gasteiger partial charge is 0.208 e. The Labute approximate surface area is 281 Å². The summed E-state index contributed by atoms with van der Waals surface area (Å²) in [6.45, 7) is 0. The van der Waals surface area contributed by atoms with E-state index in [1.54, 1.807) is 0 Å². The maximum Gasteiger partial charge on any atom is 0.164 e. The molecule has 4 heteroatoms. The number of rotatable bonds is 4. The summed E-state index contributed by atoms with van der Waals surface area (Å²) in [5, 5.41) is 9.63. The third-order valence-corrected chi connectivity index (χ3v) is 11.9. The van der Waals surface area contributed by atoms with Crippen LogP contribution in [0.1, 0.15) is 48.8 Å². The van der Waals surface area contributed by atoms with E-state index in [-0.39, 0.29) is 5.41 Å². The van der Waals surface area contributed by atoms with Gasteiger partial charge in [-0.3, -0.25) is 0 Å². The first kappa shape index (κ1) is 27.7. The molecule has 4 fully saturated rings. The van der Waals surface area contributed by atoms with Gasteiger partial charge in [-0.25, -0.2) is 15.0 Å². The maximum absolute atomic E-state index is 9.63. The van der Waals surface area contributed by atoms with E-state index in [9.17, 15) is 5.26 Å². The van der Waals surface area contributed by atoms with Gasteiger partial charge in [0.1, 0.15) is 0 Å². The molecule has 0 radical (unpaired) electrons. The molecule has 4 nitrogen and oxygen atoms in total. The van der Waals surface area contributed by atoms with E-state index >= 15 is 0 Å². The highest BCUT2D eigenvalue weighted by Crippen LogP contribution is 2.70. The topological polar surface area (TPSA) is 62.5 Å². The van der Waals surface area contributed by atoms with Crippen LogP contribution < -0.4 is 0 Å². The van der Waals surface area contributed by atoms with Crippen LogP contribution in [0.15, 0.2) is 121 Å². The Morgan fingerprint density at radius 1 is 0.500 bits per heavy atom. The zero-order valence-corrected chi connectivity index (χ0v) is 26.7. The van der Waals surface area contributed by atoms with Crippen molar-refractivity contribution in [2.24, 2.45) is 23.7 Å². The van der Waals surface area contributed by atoms with E-state index in [1.807, 2.05) is 54.6 Å². The van der Waals surface area contributed by atoms with Crippen LogP contribution >= 0.6 is 0 Å². The number of aromatic nitrogens is 3. The predicted octanol–water partition coefficient (Wildman–Crippen LogP) is 10.1. The van der Waals surface area contributed by atoms with E-state index in [0.717, 1.165) is 45.5 Å². The molecule has 1 spiro atoms. The lowest BCUT2D eigenvalue weighted by Gasteiger charge is -2.61. The fraction of sp³-hybridized carbons (Fsp3) is 0.227. The molecule has 0 aliphatic heterocycles. The van der Waals surface area contributed by atoms with Gasteiger partial charge in [0, 0.05) is 22.1 Å². The molecule has 0 atom stereocenters. The summed E-state index contributed by atoms with van der Waals surface area (Å²) >= 11 is 0. The number of hydrogen-bond acceptors (Lipinski definition) is 4. The summed E-state index contributed by atoms with van der Waals surface area (Å²) in [5.41, 5.74) is 11.5. The van der Waals surface area contributed by atoms with E-state index in [1.165, 1.54) is 54.4 Å². The van der Waals surface area contributed by atoms with E-state index < -0.39 is 0 Å². The molecule has 1 heterocycles. The summed E-state index contributed by atoms with van der Waals surface area (Å²) in [6, 6.07) is 44.9. The maximum atomic E-state index is 9.63. The lowest BCUT2D eigenvalue weighted by molar-refractivity contribution is -0.0397. The molecule has 48 heavy (non-hydrogen) atoms. The first-order valence-corrected chi connectivity index (χ1v) is 17.3. The molecule has 4 saturated carbocycles. The van der Waals surface area contributed by atoms with Gasteiger partial charge in [-0.1, -0.05) is 103 Å². The van der Waals surface area contributed by atoms with Gasteiger partial charge in [-0.15, -0.1) is 0 Å². The Morgan fingerprint density at radius 2 is 1.06 bits per heavy atom. The highest BCUT2D eigenvalue weighted by atomic mass is 15.0. The molecule has 6 aromatic rings. The van der Waals surface area contributed by atoms with Crippen molar-refractivity contribution < 1.29 is 0 Å². The minimum atomic E-state index is -0.0613. The average Bonchev–Trinajstić information content (AvgIpc) is 3.44. The number of nitriles is 1. The van der Waals surface area contributed by atoms with Crippen molar-refractivity contribution in [3.63, 3.8) is 0 Å². The summed E-state index contributed by atoms with van der Waals surface area (Å²) in [6.07, 6.45) is 6.61. The smallest absolute Gasteiger partial charge is 0.164 e. The molecule has 1 aromatic heterocycles. The number of hydrogen-bond donors (Lipinski definition) is 0. The molecular weight excluding hydrogens is 585 g/mol. The first-order chi connectivity index (χ1) is 23.7. The minimum absolute atomic E-state index is 0.0613. The van der Waals surface area contributed by atoms with Gasteiger partial charge in [0.05, 0.1) is 11.6 Å². The van der Waals surface area contributed by atoms with Crippen molar-refractivity contribution in [3.8, 4) is 62.5 Å². The zero-order valence-electron chi connectivity index (χ0n) is 26.7. The van der Waals surface area contributed by atoms with E-state index in [2.05, 4.69) is 72.8 Å². The average molecular weight is 619 g/mol. The van der Waals surface area contributed by atoms with Gasteiger partial charge in [0.25, 0.3) is 0 Å². The summed E-state index contributed by atoms with van der Waals surface area (Å²) in [4.78, 5) is 15.6. The monoisotopic (exact) mass is 618 g/mol. The van der Waals surface area contributed by atoms with Gasteiger partial charge >= 0.3 is 0 Å². The van der Waals surface area contributed by atoms with Crippen LogP contribution in [0.4, 0.5) is 0 Å². The molecule has 0 amide bonds. The van der Waals surface area contributed by atoms with E-state index in [0.29, 0.717) is 29.0 Å². The Hall–Kier alpha value is -5.40. The Kier molecular flexibility index (Phi) is 6.09. The van der Waals surface area contributed by atoms with Gasteiger partial charge in [-0.05, 0) is 107 Å². The number of fused-ring (bicyclic) bond motifs is 3. The quantitative estimate of drug-likeness (QED) is 0.197. The second-order valence-corrected chi connectivity index (χ2v) is 14.4. The van der Waals surface area contributed by atoms with Crippen molar-refractivity contribution >= 4 is 0 Å². The third kappa shape index (κ3) is 4.04. The fourth-order valence-corrected chi connectivity index (χ4v) is 10.3. The van der Waals surface area contributed by atoms with Gasteiger partial charge in [-0.2, -0.15) is 5.26 Å². The fourth-order valence-electron chi connectivity index (χ4n) is 10.3. The molecule has 11 rings (SSSR count). The van der Waals surface area contributed by atoms with Crippen molar-refractivity contribution in [1.82, 2.24) is 15.0 Å². The van der Waals surface area contributed by atoms with Crippen molar-refractivity contribution in [2.75, 3.05) is 0 Å². The van der Waals surface area contributed by atoms with E-state index in [4.69, 9.17) is 15.0 Å². The molecule has 230 valence electrons. The zero-order chi connectivity index (χ0) is 31.8. The van der Waals surface area contributed by atoms with Gasteiger partial charge in [0.2, 0.25) is 0 Å². The van der Waals surface area contributed by atoms with Crippen LogP contribution in [0.2, 0.25) is 0 Å². The van der Waals surface area contributed by atoms with Gasteiger partial charge < -0.3 is 0 Å². The Bertz CT molecular complexity index is 2180. The second-order valence-electron chi connectivity index (χ2n) is 14.4. The first-order valence-electron chi connectivity index (χ1n) is 17.3.